The number of nitrogens with zero attached hydrogens (tertiary/aromatic N) is 1. The molecule has 1 amide bonds. The van der Waals surface area contributed by atoms with E-state index in [1.807, 2.05) is 30.3 Å². The summed E-state index contributed by atoms with van der Waals surface area (Å²) < 4.78 is 16.4. The van der Waals surface area contributed by atoms with E-state index in [4.69, 9.17) is 14.2 Å². The quantitative estimate of drug-likeness (QED) is 0.631. The summed E-state index contributed by atoms with van der Waals surface area (Å²) in [5.74, 6) is 0.841. The number of aromatic amines is 1. The highest BCUT2D eigenvalue weighted by Crippen LogP contribution is 2.28. The summed E-state index contributed by atoms with van der Waals surface area (Å²) in [6.45, 7) is 1.30. The van der Waals surface area contributed by atoms with Crippen LogP contribution in [0.25, 0.3) is 10.9 Å². The number of ether oxygens (including phenoxy) is 3. The van der Waals surface area contributed by atoms with Crippen LogP contribution in [0.2, 0.25) is 0 Å². The Morgan fingerprint density at radius 3 is 2.68 bits per heavy atom. The van der Waals surface area contributed by atoms with Crippen LogP contribution < -0.4 is 15.0 Å². The van der Waals surface area contributed by atoms with Crippen molar-refractivity contribution >= 4 is 16.8 Å². The Morgan fingerprint density at radius 2 is 1.94 bits per heavy atom. The molecule has 1 aromatic heterocycles. The smallest absolute Gasteiger partial charge is 0.254 e. The second kappa shape index (κ2) is 9.22. The van der Waals surface area contributed by atoms with E-state index in [0.29, 0.717) is 35.8 Å². The van der Waals surface area contributed by atoms with Gasteiger partial charge in [0.05, 0.1) is 26.9 Å². The second-order valence-corrected chi connectivity index (χ2v) is 7.60. The number of hydrogen-bond donors (Lipinski definition) is 1. The van der Waals surface area contributed by atoms with E-state index >= 15 is 0 Å². The minimum atomic E-state index is -0.198. The first-order valence-corrected chi connectivity index (χ1v) is 10.3. The Kier molecular flexibility index (Phi) is 6.23. The first-order chi connectivity index (χ1) is 15.1. The van der Waals surface area contributed by atoms with Gasteiger partial charge in [-0.2, -0.15) is 0 Å². The third-order valence-electron chi connectivity index (χ3n) is 5.56. The van der Waals surface area contributed by atoms with E-state index in [-0.39, 0.29) is 24.1 Å². The summed E-state index contributed by atoms with van der Waals surface area (Å²) in [7, 11) is 3.08. The van der Waals surface area contributed by atoms with Crippen molar-refractivity contribution in [1.82, 2.24) is 9.88 Å². The predicted octanol–water partition coefficient (Wildman–Crippen LogP) is 3.37. The van der Waals surface area contributed by atoms with Crippen LogP contribution in [-0.4, -0.2) is 49.3 Å². The number of methoxy groups -OCH3 is 2. The van der Waals surface area contributed by atoms with Crippen molar-refractivity contribution < 1.29 is 19.0 Å². The molecule has 4 rings (SSSR count). The number of benzene rings is 2. The van der Waals surface area contributed by atoms with Crippen LogP contribution in [0.1, 0.15) is 28.8 Å². The summed E-state index contributed by atoms with van der Waals surface area (Å²) in [6.07, 6.45) is 1.83. The normalized spacial score (nSPS) is 15.7. The molecule has 1 atom stereocenters. The van der Waals surface area contributed by atoms with Crippen LogP contribution >= 0.6 is 0 Å². The molecule has 0 bridgehead atoms. The maximum absolute atomic E-state index is 13.4. The molecule has 0 unspecified atom stereocenters. The molecule has 1 fully saturated rings. The van der Waals surface area contributed by atoms with Crippen LogP contribution in [0.4, 0.5) is 0 Å². The van der Waals surface area contributed by atoms with Crippen molar-refractivity contribution in [2.24, 2.45) is 0 Å². The zero-order valence-electron chi connectivity index (χ0n) is 17.7. The molecular weight excluding hydrogens is 396 g/mol. The monoisotopic (exact) mass is 422 g/mol. The number of para-hydroxylation sites is 1. The number of fused-ring (bicyclic) bond motifs is 1. The lowest BCUT2D eigenvalue weighted by Gasteiger charge is -2.26. The molecule has 1 aliphatic heterocycles. The van der Waals surface area contributed by atoms with Crippen LogP contribution in [-0.2, 0) is 11.3 Å². The Labute approximate surface area is 180 Å². The van der Waals surface area contributed by atoms with Crippen molar-refractivity contribution in [1.29, 1.82) is 0 Å². The molecule has 0 saturated carbocycles. The zero-order chi connectivity index (χ0) is 21.8. The van der Waals surface area contributed by atoms with Crippen LogP contribution in [0.15, 0.2) is 53.3 Å². The van der Waals surface area contributed by atoms with Gasteiger partial charge in [-0.05, 0) is 48.6 Å². The molecule has 162 valence electrons. The summed E-state index contributed by atoms with van der Waals surface area (Å²) in [6, 6.07) is 14.5. The lowest BCUT2D eigenvalue weighted by atomic mass is 10.1. The number of hydrogen-bond acceptors (Lipinski definition) is 5. The minimum absolute atomic E-state index is 0.0383. The Bertz CT molecular complexity index is 1130. The van der Waals surface area contributed by atoms with Crippen molar-refractivity contribution in [2.75, 3.05) is 27.4 Å². The third-order valence-corrected chi connectivity index (χ3v) is 5.56. The summed E-state index contributed by atoms with van der Waals surface area (Å²) >= 11 is 0. The number of pyridine rings is 1. The predicted molar refractivity (Wildman–Crippen MR) is 118 cm³/mol. The van der Waals surface area contributed by atoms with Gasteiger partial charge in [-0.25, -0.2) is 0 Å². The molecule has 31 heavy (non-hydrogen) atoms. The van der Waals surface area contributed by atoms with Crippen molar-refractivity contribution in [3.05, 3.63) is 70.0 Å². The lowest BCUT2D eigenvalue weighted by molar-refractivity contribution is 0.0506. The number of rotatable bonds is 7. The van der Waals surface area contributed by atoms with Gasteiger partial charge in [0, 0.05) is 29.8 Å². The van der Waals surface area contributed by atoms with Gasteiger partial charge in [0.1, 0.15) is 0 Å². The van der Waals surface area contributed by atoms with E-state index in [1.165, 1.54) is 7.11 Å². The van der Waals surface area contributed by atoms with Gasteiger partial charge >= 0.3 is 0 Å². The maximum atomic E-state index is 13.4. The Balaban J connectivity index is 1.66. The van der Waals surface area contributed by atoms with E-state index < -0.39 is 0 Å². The van der Waals surface area contributed by atoms with E-state index in [2.05, 4.69) is 4.98 Å². The van der Waals surface area contributed by atoms with Gasteiger partial charge in [0.15, 0.2) is 11.5 Å². The first kappa shape index (κ1) is 20.9. The molecular formula is C24H26N2O5. The number of amides is 1. The van der Waals surface area contributed by atoms with Gasteiger partial charge in [-0.15, -0.1) is 0 Å². The lowest BCUT2D eigenvalue weighted by Crippen LogP contribution is -2.38. The fourth-order valence-electron chi connectivity index (χ4n) is 3.92. The third kappa shape index (κ3) is 4.56. The number of carbonyl (C=O) groups is 1. The van der Waals surface area contributed by atoms with Gasteiger partial charge in [0.25, 0.3) is 11.5 Å². The highest BCUT2D eigenvalue weighted by molar-refractivity contribution is 5.95. The molecule has 7 nitrogen and oxygen atoms in total. The fraction of sp³-hybridized carbons (Fsp3) is 0.333. The van der Waals surface area contributed by atoms with Crippen LogP contribution in [0, 0.1) is 0 Å². The molecule has 2 aromatic carbocycles. The van der Waals surface area contributed by atoms with Gasteiger partial charge in [-0.1, -0.05) is 18.2 Å². The SMILES string of the molecule is COc1ccc(C(=O)N(Cc2cc3ccccc3[nH]c2=O)C[C@@H]2CCCO2)cc1OC. The highest BCUT2D eigenvalue weighted by atomic mass is 16.5. The van der Waals surface area contributed by atoms with E-state index in [9.17, 15) is 9.59 Å². The Hall–Kier alpha value is -3.32. The number of carbonyl (C=O) groups excluding carboxylic acids is 1. The molecule has 0 aliphatic carbocycles. The summed E-state index contributed by atoms with van der Waals surface area (Å²) in [5, 5.41) is 0.924. The first-order valence-electron chi connectivity index (χ1n) is 10.3. The van der Waals surface area contributed by atoms with Crippen LogP contribution in [0.3, 0.4) is 0 Å². The average Bonchev–Trinajstić information content (AvgIpc) is 3.31. The van der Waals surface area contributed by atoms with E-state index in [1.54, 1.807) is 30.2 Å². The highest BCUT2D eigenvalue weighted by Gasteiger charge is 2.25. The minimum Gasteiger partial charge on any atom is -0.493 e. The van der Waals surface area contributed by atoms with E-state index in [0.717, 1.165) is 23.7 Å². The molecule has 1 N–H and O–H groups in total. The van der Waals surface area contributed by atoms with Gasteiger partial charge in [-0.3, -0.25) is 9.59 Å². The number of aromatic nitrogens is 1. The maximum Gasteiger partial charge on any atom is 0.254 e. The van der Waals surface area contributed by atoms with Crippen molar-refractivity contribution in [3.8, 4) is 11.5 Å². The average molecular weight is 422 g/mol. The number of H-pyrrole nitrogens is 1. The molecule has 1 saturated heterocycles. The molecule has 2 heterocycles. The summed E-state index contributed by atoms with van der Waals surface area (Å²) in [5.41, 5.74) is 1.57. The van der Waals surface area contributed by atoms with Crippen molar-refractivity contribution in [2.45, 2.75) is 25.5 Å². The zero-order valence-corrected chi connectivity index (χ0v) is 17.7. The topological polar surface area (TPSA) is 80.9 Å². The molecule has 1 aliphatic rings. The standard InChI is InChI=1S/C24H26N2O5/c1-29-21-10-9-17(13-22(21)30-2)24(28)26(15-19-7-5-11-31-19)14-18-12-16-6-3-4-8-20(16)25-23(18)27/h3-4,6,8-10,12-13,19H,5,7,11,14-15H2,1-2H3,(H,25,27)/t19-/m0/s1. The van der Waals surface area contributed by atoms with Crippen LogP contribution in [0.5, 0.6) is 11.5 Å². The molecule has 0 radical (unpaired) electrons. The number of nitrogens with one attached hydrogen (secondary N) is 1. The van der Waals surface area contributed by atoms with Gasteiger partial charge in [0.2, 0.25) is 0 Å². The molecule has 3 aromatic rings. The molecule has 0 spiro atoms. The van der Waals surface area contributed by atoms with Gasteiger partial charge < -0.3 is 24.1 Å². The molecule has 7 heteroatoms. The summed E-state index contributed by atoms with van der Waals surface area (Å²) in [4.78, 5) is 30.7. The largest absolute Gasteiger partial charge is 0.493 e. The van der Waals surface area contributed by atoms with Crippen molar-refractivity contribution in [3.63, 3.8) is 0 Å². The second-order valence-electron chi connectivity index (χ2n) is 7.60. The fourth-order valence-corrected chi connectivity index (χ4v) is 3.92. The Morgan fingerprint density at radius 1 is 1.13 bits per heavy atom.